The van der Waals surface area contributed by atoms with Gasteiger partial charge in [-0.15, -0.1) is 0 Å². The van der Waals surface area contributed by atoms with Gasteiger partial charge in [0.25, 0.3) is 5.91 Å². The van der Waals surface area contributed by atoms with Gasteiger partial charge in [0, 0.05) is 51.0 Å². The van der Waals surface area contributed by atoms with E-state index in [1.807, 2.05) is 10.8 Å². The Kier molecular flexibility index (Phi) is 6.39. The number of carbonyl (C=O) groups excluding carboxylic acids is 1. The van der Waals surface area contributed by atoms with Crippen LogP contribution < -0.4 is 10.1 Å². The first kappa shape index (κ1) is 17.4. The number of imidazole rings is 1. The number of pyridine rings is 1. The first-order valence-electron chi connectivity index (χ1n) is 8.72. The number of aromatic nitrogens is 3. The molecule has 1 N–H and O–H groups in total. The van der Waals surface area contributed by atoms with E-state index < -0.39 is 0 Å². The Morgan fingerprint density at radius 3 is 2.96 bits per heavy atom. The fraction of sp³-hybridized carbons (Fsp3) is 0.500. The summed E-state index contributed by atoms with van der Waals surface area (Å²) in [7, 11) is 0. The first-order chi connectivity index (χ1) is 12.3. The molecule has 0 aliphatic carbocycles. The molecular formula is C18H24N4O3. The third-order valence-electron chi connectivity index (χ3n) is 4.24. The predicted octanol–water partition coefficient (Wildman–Crippen LogP) is 1.90. The normalized spacial score (nSPS) is 15.0. The highest BCUT2D eigenvalue weighted by molar-refractivity contribution is 5.93. The largest absolute Gasteiger partial charge is 0.477 e. The fourth-order valence-electron chi connectivity index (χ4n) is 2.70. The van der Waals surface area contributed by atoms with Gasteiger partial charge in [-0.1, -0.05) is 0 Å². The lowest BCUT2D eigenvalue weighted by Gasteiger charge is -2.21. The van der Waals surface area contributed by atoms with Crippen LogP contribution in [-0.4, -0.2) is 46.8 Å². The second-order valence-corrected chi connectivity index (χ2v) is 6.16. The fourth-order valence-corrected chi connectivity index (χ4v) is 2.70. The van der Waals surface area contributed by atoms with E-state index in [4.69, 9.17) is 9.47 Å². The van der Waals surface area contributed by atoms with E-state index in [2.05, 4.69) is 15.3 Å². The molecule has 0 unspecified atom stereocenters. The summed E-state index contributed by atoms with van der Waals surface area (Å²) >= 11 is 0. The molecule has 7 nitrogen and oxygen atoms in total. The van der Waals surface area contributed by atoms with Crippen molar-refractivity contribution in [3.8, 4) is 5.88 Å². The topological polar surface area (TPSA) is 78.3 Å². The van der Waals surface area contributed by atoms with E-state index in [1.54, 1.807) is 30.9 Å². The summed E-state index contributed by atoms with van der Waals surface area (Å²) in [5.41, 5.74) is 0.543. The van der Waals surface area contributed by atoms with E-state index in [9.17, 15) is 4.79 Å². The third-order valence-corrected chi connectivity index (χ3v) is 4.24. The average Bonchev–Trinajstić information content (AvgIpc) is 3.18. The molecule has 25 heavy (non-hydrogen) atoms. The maximum atomic E-state index is 12.1. The van der Waals surface area contributed by atoms with Crippen LogP contribution in [0.2, 0.25) is 0 Å². The number of nitrogens with zero attached hydrogens (tertiary/aromatic N) is 3. The molecular weight excluding hydrogens is 320 g/mol. The molecule has 0 spiro atoms. The van der Waals surface area contributed by atoms with Crippen LogP contribution in [0, 0.1) is 5.92 Å². The second-order valence-electron chi connectivity index (χ2n) is 6.16. The number of carbonyl (C=O) groups is 1. The standard InChI is InChI=1S/C18H24N4O3/c23-18(20-6-1-8-22-9-7-19-14-22)16-2-3-17(21-12-16)25-13-15-4-10-24-11-5-15/h2-3,7,9,12,14-15H,1,4-6,8,10-11,13H2,(H,20,23). The van der Waals surface area contributed by atoms with Crippen LogP contribution in [0.3, 0.4) is 0 Å². The predicted molar refractivity (Wildman–Crippen MR) is 92.5 cm³/mol. The molecule has 134 valence electrons. The summed E-state index contributed by atoms with van der Waals surface area (Å²) < 4.78 is 13.0. The maximum Gasteiger partial charge on any atom is 0.252 e. The molecule has 1 saturated heterocycles. The summed E-state index contributed by atoms with van der Waals surface area (Å²) in [6.45, 7) is 3.70. The van der Waals surface area contributed by atoms with E-state index >= 15 is 0 Å². The monoisotopic (exact) mass is 344 g/mol. The Balaban J connectivity index is 1.37. The minimum absolute atomic E-state index is 0.117. The smallest absolute Gasteiger partial charge is 0.252 e. The highest BCUT2D eigenvalue weighted by Gasteiger charge is 2.14. The van der Waals surface area contributed by atoms with E-state index in [1.165, 1.54) is 0 Å². The quantitative estimate of drug-likeness (QED) is 0.740. The minimum Gasteiger partial charge on any atom is -0.477 e. The molecule has 2 aromatic rings. The maximum absolute atomic E-state index is 12.1. The highest BCUT2D eigenvalue weighted by Crippen LogP contribution is 2.16. The van der Waals surface area contributed by atoms with Crippen molar-refractivity contribution >= 4 is 5.91 Å². The van der Waals surface area contributed by atoms with Gasteiger partial charge in [0.2, 0.25) is 5.88 Å². The average molecular weight is 344 g/mol. The van der Waals surface area contributed by atoms with Gasteiger partial charge in [-0.25, -0.2) is 9.97 Å². The third kappa shape index (κ3) is 5.56. The van der Waals surface area contributed by atoms with Gasteiger partial charge < -0.3 is 19.4 Å². The van der Waals surface area contributed by atoms with Gasteiger partial charge in [0.1, 0.15) is 0 Å². The summed E-state index contributed by atoms with van der Waals surface area (Å²) in [5.74, 6) is 0.964. The van der Waals surface area contributed by atoms with Crippen LogP contribution in [-0.2, 0) is 11.3 Å². The summed E-state index contributed by atoms with van der Waals surface area (Å²) in [5, 5.41) is 2.90. The Morgan fingerprint density at radius 1 is 1.36 bits per heavy atom. The summed E-state index contributed by atoms with van der Waals surface area (Å²) in [4.78, 5) is 20.3. The van der Waals surface area contributed by atoms with Crippen LogP contribution in [0.15, 0.2) is 37.1 Å². The van der Waals surface area contributed by atoms with Crippen LogP contribution in [0.1, 0.15) is 29.6 Å². The number of hydrogen-bond donors (Lipinski definition) is 1. The molecule has 0 radical (unpaired) electrons. The van der Waals surface area contributed by atoms with Gasteiger partial charge in [-0.05, 0) is 31.2 Å². The van der Waals surface area contributed by atoms with Gasteiger partial charge in [0.15, 0.2) is 0 Å². The number of rotatable bonds is 8. The number of nitrogens with one attached hydrogen (secondary N) is 1. The molecule has 7 heteroatoms. The Labute approximate surface area is 147 Å². The SMILES string of the molecule is O=C(NCCCn1ccnc1)c1ccc(OCC2CCOCC2)nc1. The molecule has 3 heterocycles. The lowest BCUT2D eigenvalue weighted by atomic mass is 10.0. The summed E-state index contributed by atoms with van der Waals surface area (Å²) in [6.07, 6.45) is 9.89. The van der Waals surface area contributed by atoms with Crippen molar-refractivity contribution in [2.45, 2.75) is 25.8 Å². The molecule has 0 bridgehead atoms. The molecule has 1 amide bonds. The van der Waals surface area contributed by atoms with Crippen LogP contribution in [0.4, 0.5) is 0 Å². The highest BCUT2D eigenvalue weighted by atomic mass is 16.5. The molecule has 1 fully saturated rings. The van der Waals surface area contributed by atoms with Gasteiger partial charge >= 0.3 is 0 Å². The van der Waals surface area contributed by atoms with E-state index in [-0.39, 0.29) is 5.91 Å². The van der Waals surface area contributed by atoms with Gasteiger partial charge in [-0.2, -0.15) is 0 Å². The molecule has 1 aliphatic heterocycles. The zero-order valence-electron chi connectivity index (χ0n) is 14.3. The second kappa shape index (κ2) is 9.17. The van der Waals surface area contributed by atoms with Crippen molar-refractivity contribution in [1.29, 1.82) is 0 Å². The van der Waals surface area contributed by atoms with Crippen LogP contribution in [0.25, 0.3) is 0 Å². The zero-order chi connectivity index (χ0) is 17.3. The van der Waals surface area contributed by atoms with Crippen molar-refractivity contribution in [2.24, 2.45) is 5.92 Å². The summed E-state index contributed by atoms with van der Waals surface area (Å²) in [6, 6.07) is 3.50. The van der Waals surface area contributed by atoms with Gasteiger partial charge in [-0.3, -0.25) is 4.79 Å². The van der Waals surface area contributed by atoms with Crippen LogP contribution in [0.5, 0.6) is 5.88 Å². The number of hydrogen-bond acceptors (Lipinski definition) is 5. The lowest BCUT2D eigenvalue weighted by Crippen LogP contribution is -2.25. The van der Waals surface area contributed by atoms with Gasteiger partial charge in [0.05, 0.1) is 18.5 Å². The van der Waals surface area contributed by atoms with Crippen molar-refractivity contribution in [1.82, 2.24) is 19.9 Å². The number of aryl methyl sites for hydroxylation is 1. The molecule has 3 rings (SSSR count). The van der Waals surface area contributed by atoms with E-state index in [0.717, 1.165) is 39.0 Å². The number of amides is 1. The molecule has 1 aliphatic rings. The van der Waals surface area contributed by atoms with E-state index in [0.29, 0.717) is 30.5 Å². The lowest BCUT2D eigenvalue weighted by molar-refractivity contribution is 0.0490. The molecule has 2 aromatic heterocycles. The Hall–Kier alpha value is -2.41. The first-order valence-corrected chi connectivity index (χ1v) is 8.72. The number of ether oxygens (including phenoxy) is 2. The zero-order valence-corrected chi connectivity index (χ0v) is 14.3. The molecule has 0 saturated carbocycles. The molecule has 0 atom stereocenters. The van der Waals surface area contributed by atoms with Crippen molar-refractivity contribution in [2.75, 3.05) is 26.4 Å². The Morgan fingerprint density at radius 2 is 2.24 bits per heavy atom. The van der Waals surface area contributed by atoms with Crippen molar-refractivity contribution in [3.63, 3.8) is 0 Å². The van der Waals surface area contributed by atoms with Crippen molar-refractivity contribution < 1.29 is 14.3 Å². The Bertz CT molecular complexity index is 637. The van der Waals surface area contributed by atoms with Crippen molar-refractivity contribution in [3.05, 3.63) is 42.6 Å². The molecule has 0 aromatic carbocycles. The minimum atomic E-state index is -0.117. The van der Waals surface area contributed by atoms with Crippen LogP contribution >= 0.6 is 0 Å².